The minimum absolute atomic E-state index is 0.108. The Morgan fingerprint density at radius 2 is 1.80 bits per heavy atom. The van der Waals surface area contributed by atoms with E-state index in [1.54, 1.807) is 16.8 Å². The third-order valence-electron chi connectivity index (χ3n) is 5.70. The number of carbonyl (C=O) groups is 1. The second-order valence-corrected chi connectivity index (χ2v) is 7.89. The number of Topliss-reactive ketones (excluding diaryl/α,β-unsaturated/α-hetero) is 1. The predicted molar refractivity (Wildman–Crippen MR) is 114 cm³/mol. The number of hydrogen-bond acceptors (Lipinski definition) is 5. The highest BCUT2D eigenvalue weighted by Gasteiger charge is 2.36. The van der Waals surface area contributed by atoms with Crippen LogP contribution in [-0.2, 0) is 4.79 Å². The van der Waals surface area contributed by atoms with E-state index in [-0.39, 0.29) is 11.6 Å². The Kier molecular flexibility index (Phi) is 4.38. The molecule has 1 unspecified atom stereocenters. The van der Waals surface area contributed by atoms with Crippen LogP contribution in [0.5, 0.6) is 0 Å². The van der Waals surface area contributed by atoms with E-state index in [1.807, 2.05) is 43.3 Å². The Labute approximate surface area is 174 Å². The number of benzene rings is 2. The zero-order chi connectivity index (χ0) is 20.8. The molecule has 2 aromatic carbocycles. The summed E-state index contributed by atoms with van der Waals surface area (Å²) in [5.74, 6) is 0.986. The monoisotopic (exact) mass is 403 g/mol. The van der Waals surface area contributed by atoms with Gasteiger partial charge in [0.05, 0.1) is 0 Å². The molecule has 6 nitrogen and oxygen atoms in total. The lowest BCUT2D eigenvalue weighted by Crippen LogP contribution is -2.31. The Morgan fingerprint density at radius 3 is 2.50 bits per heavy atom. The molecule has 1 aromatic heterocycles. The molecule has 1 N–H and O–H groups in total. The van der Waals surface area contributed by atoms with Gasteiger partial charge >= 0.3 is 0 Å². The molecular formula is C23H22FN5O. The lowest BCUT2D eigenvalue weighted by atomic mass is 9.85. The summed E-state index contributed by atoms with van der Waals surface area (Å²) in [6.45, 7) is 0. The van der Waals surface area contributed by atoms with E-state index in [2.05, 4.69) is 5.32 Å². The summed E-state index contributed by atoms with van der Waals surface area (Å²) in [4.78, 5) is 19.6. The zero-order valence-electron chi connectivity index (χ0n) is 16.9. The summed E-state index contributed by atoms with van der Waals surface area (Å²) in [5.41, 5.74) is 4.41. The molecule has 0 saturated carbocycles. The molecule has 2 aliphatic rings. The molecule has 30 heavy (non-hydrogen) atoms. The highest BCUT2D eigenvalue weighted by atomic mass is 19.1. The van der Waals surface area contributed by atoms with Crippen LogP contribution in [0.1, 0.15) is 30.9 Å². The largest absolute Gasteiger partial charge is 0.378 e. The van der Waals surface area contributed by atoms with Gasteiger partial charge in [0.15, 0.2) is 11.6 Å². The highest BCUT2D eigenvalue weighted by Crippen LogP contribution is 2.40. The van der Waals surface area contributed by atoms with Gasteiger partial charge in [-0.2, -0.15) is 4.98 Å². The Morgan fingerprint density at radius 1 is 1.07 bits per heavy atom. The fourth-order valence-corrected chi connectivity index (χ4v) is 4.14. The van der Waals surface area contributed by atoms with Crippen molar-refractivity contribution < 1.29 is 9.18 Å². The van der Waals surface area contributed by atoms with Crippen LogP contribution < -0.4 is 10.2 Å². The molecule has 0 amide bonds. The summed E-state index contributed by atoms with van der Waals surface area (Å²) in [6.07, 6.45) is 2.12. The molecule has 2 heterocycles. The second kappa shape index (κ2) is 7.09. The van der Waals surface area contributed by atoms with Gasteiger partial charge in [-0.1, -0.05) is 12.1 Å². The van der Waals surface area contributed by atoms with Gasteiger partial charge in [0, 0.05) is 43.0 Å². The van der Waals surface area contributed by atoms with E-state index < -0.39 is 6.04 Å². The second-order valence-electron chi connectivity index (χ2n) is 7.89. The minimum atomic E-state index is -0.410. The van der Waals surface area contributed by atoms with Crippen LogP contribution in [0.4, 0.5) is 16.0 Å². The van der Waals surface area contributed by atoms with E-state index in [9.17, 15) is 9.18 Å². The molecule has 1 atom stereocenters. The summed E-state index contributed by atoms with van der Waals surface area (Å²) >= 11 is 0. The van der Waals surface area contributed by atoms with Gasteiger partial charge in [-0.05, 0) is 54.8 Å². The van der Waals surface area contributed by atoms with E-state index in [1.165, 1.54) is 12.1 Å². The third-order valence-corrected chi connectivity index (χ3v) is 5.70. The van der Waals surface area contributed by atoms with Crippen LogP contribution in [0.15, 0.2) is 59.8 Å². The first-order valence-electron chi connectivity index (χ1n) is 10.0. The van der Waals surface area contributed by atoms with Crippen molar-refractivity contribution in [2.75, 3.05) is 24.3 Å². The number of ketones is 1. The number of aromatic nitrogens is 3. The van der Waals surface area contributed by atoms with Gasteiger partial charge in [0.2, 0.25) is 5.95 Å². The third kappa shape index (κ3) is 3.07. The molecule has 0 spiro atoms. The van der Waals surface area contributed by atoms with Crippen molar-refractivity contribution >= 4 is 17.4 Å². The number of nitrogens with zero attached hydrogens (tertiary/aromatic N) is 4. The topological polar surface area (TPSA) is 63.1 Å². The standard InChI is InChI=1S/C23H22FN5O/c1-28(2)17-12-8-15(9-13-17)22-26-23-25-18-4-3-5-19(30)20(18)21(29(23)27-22)14-6-10-16(24)11-7-14/h6-13,21H,3-5H2,1-2H3,(H,25,26,27). The van der Waals surface area contributed by atoms with E-state index >= 15 is 0 Å². The van der Waals surface area contributed by atoms with Gasteiger partial charge in [-0.3, -0.25) is 4.79 Å². The lowest BCUT2D eigenvalue weighted by Gasteiger charge is -2.32. The van der Waals surface area contributed by atoms with Crippen molar-refractivity contribution in [2.45, 2.75) is 25.3 Å². The number of hydrogen-bond donors (Lipinski definition) is 1. The number of fused-ring (bicyclic) bond motifs is 1. The van der Waals surface area contributed by atoms with Crippen molar-refractivity contribution in [2.24, 2.45) is 0 Å². The highest BCUT2D eigenvalue weighted by molar-refractivity contribution is 5.99. The summed E-state index contributed by atoms with van der Waals surface area (Å²) < 4.78 is 15.3. The van der Waals surface area contributed by atoms with Crippen LogP contribution in [0, 0.1) is 5.82 Å². The maximum Gasteiger partial charge on any atom is 0.226 e. The maximum atomic E-state index is 13.5. The molecular weight excluding hydrogens is 381 g/mol. The molecule has 3 aromatic rings. The summed E-state index contributed by atoms with van der Waals surface area (Å²) in [6, 6.07) is 13.9. The number of carbonyl (C=O) groups excluding carboxylic acids is 1. The summed E-state index contributed by atoms with van der Waals surface area (Å²) in [5, 5.41) is 8.08. The average molecular weight is 403 g/mol. The molecule has 1 aliphatic heterocycles. The first-order chi connectivity index (χ1) is 14.5. The van der Waals surface area contributed by atoms with E-state index in [0.717, 1.165) is 35.4 Å². The quantitative estimate of drug-likeness (QED) is 0.711. The van der Waals surface area contributed by atoms with Crippen molar-refractivity contribution in [3.8, 4) is 11.4 Å². The van der Waals surface area contributed by atoms with Crippen molar-refractivity contribution in [1.29, 1.82) is 0 Å². The number of allylic oxidation sites excluding steroid dienone is 2. The van der Waals surface area contributed by atoms with Gasteiger partial charge < -0.3 is 10.2 Å². The van der Waals surface area contributed by atoms with Crippen molar-refractivity contribution in [3.63, 3.8) is 0 Å². The first-order valence-corrected chi connectivity index (χ1v) is 10.0. The normalized spacial score (nSPS) is 18.0. The van der Waals surface area contributed by atoms with Crippen molar-refractivity contribution in [1.82, 2.24) is 14.8 Å². The molecule has 152 valence electrons. The fraction of sp³-hybridized carbons (Fsp3) is 0.261. The Balaban J connectivity index is 1.61. The molecule has 1 aliphatic carbocycles. The average Bonchev–Trinajstić information content (AvgIpc) is 3.17. The van der Waals surface area contributed by atoms with E-state index in [4.69, 9.17) is 10.1 Å². The Hall–Kier alpha value is -3.48. The van der Waals surface area contributed by atoms with Crippen LogP contribution in [0.3, 0.4) is 0 Å². The van der Waals surface area contributed by atoms with E-state index in [0.29, 0.717) is 23.8 Å². The minimum Gasteiger partial charge on any atom is -0.378 e. The zero-order valence-corrected chi connectivity index (χ0v) is 16.9. The molecule has 0 radical (unpaired) electrons. The fourth-order valence-electron chi connectivity index (χ4n) is 4.14. The molecule has 0 bridgehead atoms. The maximum absolute atomic E-state index is 13.5. The predicted octanol–water partition coefficient (Wildman–Crippen LogP) is 4.17. The van der Waals surface area contributed by atoms with Crippen LogP contribution in [-0.4, -0.2) is 34.6 Å². The lowest BCUT2D eigenvalue weighted by molar-refractivity contribution is -0.116. The number of nitrogens with one attached hydrogen (secondary N) is 1. The SMILES string of the molecule is CN(C)c1ccc(-c2nc3n(n2)C(c2ccc(F)cc2)C2=C(CCCC2=O)N3)cc1. The first kappa shape index (κ1) is 18.5. The number of anilines is 2. The number of halogens is 1. The smallest absolute Gasteiger partial charge is 0.226 e. The van der Waals surface area contributed by atoms with Crippen LogP contribution in [0.25, 0.3) is 11.4 Å². The summed E-state index contributed by atoms with van der Waals surface area (Å²) in [7, 11) is 3.99. The van der Waals surface area contributed by atoms with Gasteiger partial charge in [-0.15, -0.1) is 5.10 Å². The number of rotatable bonds is 3. The molecule has 0 saturated heterocycles. The molecule has 0 fully saturated rings. The van der Waals surface area contributed by atoms with Gasteiger partial charge in [-0.25, -0.2) is 9.07 Å². The Bertz CT molecular complexity index is 1150. The molecule has 7 heteroatoms. The van der Waals surface area contributed by atoms with Gasteiger partial charge in [0.25, 0.3) is 0 Å². The van der Waals surface area contributed by atoms with Crippen molar-refractivity contribution in [3.05, 3.63) is 71.2 Å². The van der Waals surface area contributed by atoms with Crippen LogP contribution >= 0.6 is 0 Å². The van der Waals surface area contributed by atoms with Gasteiger partial charge in [0.1, 0.15) is 11.9 Å². The van der Waals surface area contributed by atoms with Crippen LogP contribution in [0.2, 0.25) is 0 Å². The molecule has 5 rings (SSSR count).